The van der Waals surface area contributed by atoms with Crippen LogP contribution in [0.1, 0.15) is 124 Å². The highest BCUT2D eigenvalue weighted by Gasteiger charge is 2.29. The van der Waals surface area contributed by atoms with E-state index in [1.807, 2.05) is 20.8 Å². The number of aliphatic hydroxyl groups excluding tert-OH is 2. The van der Waals surface area contributed by atoms with Crippen LogP contribution in [0.15, 0.2) is 12.2 Å². The molecule has 0 spiro atoms. The number of hydrogen-bond acceptors (Lipinski definition) is 4. The Morgan fingerprint density at radius 1 is 0.871 bits per heavy atom. The van der Waals surface area contributed by atoms with Crippen molar-refractivity contribution in [3.63, 3.8) is 0 Å². The SMILES string of the molecule is CCCCCCCCC=CCCCCCCCC(=O)NC(CC)NC(C)(C)C(O)CO. The second-order valence-electron chi connectivity index (χ2n) is 9.43. The van der Waals surface area contributed by atoms with Crippen LogP contribution in [-0.2, 0) is 4.79 Å². The number of carbonyl (C=O) groups is 1. The summed E-state index contributed by atoms with van der Waals surface area (Å²) >= 11 is 0. The molecular formula is C26H52N2O3. The van der Waals surface area contributed by atoms with Crippen LogP contribution >= 0.6 is 0 Å². The lowest BCUT2D eigenvalue weighted by atomic mass is 9.97. The highest BCUT2D eigenvalue weighted by atomic mass is 16.3. The van der Waals surface area contributed by atoms with Crippen LogP contribution in [0, 0.1) is 0 Å². The molecule has 0 heterocycles. The van der Waals surface area contributed by atoms with Crippen molar-refractivity contribution in [2.24, 2.45) is 0 Å². The summed E-state index contributed by atoms with van der Waals surface area (Å²) < 4.78 is 0. The van der Waals surface area contributed by atoms with Crippen molar-refractivity contribution >= 4 is 5.91 Å². The molecule has 0 saturated heterocycles. The van der Waals surface area contributed by atoms with E-state index < -0.39 is 11.6 Å². The molecule has 0 radical (unpaired) electrons. The maximum absolute atomic E-state index is 12.2. The first-order chi connectivity index (χ1) is 14.9. The van der Waals surface area contributed by atoms with Gasteiger partial charge in [0.2, 0.25) is 5.91 Å². The molecule has 0 aliphatic heterocycles. The zero-order valence-electron chi connectivity index (χ0n) is 20.9. The Morgan fingerprint density at radius 2 is 1.39 bits per heavy atom. The molecule has 1 amide bonds. The van der Waals surface area contributed by atoms with Gasteiger partial charge in [-0.05, 0) is 52.4 Å². The first-order valence-corrected chi connectivity index (χ1v) is 12.9. The molecule has 184 valence electrons. The van der Waals surface area contributed by atoms with E-state index in [1.165, 1.54) is 70.6 Å². The standard InChI is InChI=1S/C26H52N2O3/c1-5-7-8-9-10-11-12-13-14-15-16-17-18-19-20-21-25(31)27-24(6-2)28-26(3,4)23(30)22-29/h13-14,23-24,28-30H,5-12,15-22H2,1-4H3,(H,27,31). The first kappa shape index (κ1) is 30.1. The van der Waals surface area contributed by atoms with Gasteiger partial charge in [-0.15, -0.1) is 0 Å². The van der Waals surface area contributed by atoms with Crippen molar-refractivity contribution < 1.29 is 15.0 Å². The number of unbranched alkanes of at least 4 members (excludes halogenated alkanes) is 11. The van der Waals surface area contributed by atoms with Gasteiger partial charge in [0.05, 0.1) is 18.9 Å². The summed E-state index contributed by atoms with van der Waals surface area (Å²) in [6, 6.07) is 0. The predicted molar refractivity (Wildman–Crippen MR) is 132 cm³/mol. The molecular weight excluding hydrogens is 388 g/mol. The fraction of sp³-hybridized carbons (Fsp3) is 0.885. The van der Waals surface area contributed by atoms with Gasteiger partial charge in [-0.1, -0.05) is 77.4 Å². The van der Waals surface area contributed by atoms with Crippen LogP contribution < -0.4 is 10.6 Å². The quantitative estimate of drug-likeness (QED) is 0.106. The highest BCUT2D eigenvalue weighted by Crippen LogP contribution is 2.12. The summed E-state index contributed by atoms with van der Waals surface area (Å²) in [6.07, 6.45) is 21.1. The molecule has 0 saturated carbocycles. The van der Waals surface area contributed by atoms with E-state index in [0.717, 1.165) is 19.3 Å². The van der Waals surface area contributed by atoms with Crippen LogP contribution in [0.25, 0.3) is 0 Å². The van der Waals surface area contributed by atoms with Gasteiger partial charge in [0.1, 0.15) is 0 Å². The molecule has 2 unspecified atom stereocenters. The smallest absolute Gasteiger partial charge is 0.221 e. The lowest BCUT2D eigenvalue weighted by Gasteiger charge is -2.35. The molecule has 4 N–H and O–H groups in total. The van der Waals surface area contributed by atoms with Crippen molar-refractivity contribution in [3.8, 4) is 0 Å². The molecule has 0 aliphatic carbocycles. The van der Waals surface area contributed by atoms with Crippen molar-refractivity contribution in [1.29, 1.82) is 0 Å². The van der Waals surface area contributed by atoms with E-state index >= 15 is 0 Å². The van der Waals surface area contributed by atoms with Gasteiger partial charge < -0.3 is 15.5 Å². The number of carbonyl (C=O) groups excluding carboxylic acids is 1. The monoisotopic (exact) mass is 440 g/mol. The third-order valence-corrected chi connectivity index (χ3v) is 5.96. The summed E-state index contributed by atoms with van der Waals surface area (Å²) in [4.78, 5) is 12.2. The average molecular weight is 441 g/mol. The molecule has 0 bridgehead atoms. The van der Waals surface area contributed by atoms with Crippen LogP contribution in [0.2, 0.25) is 0 Å². The van der Waals surface area contributed by atoms with Gasteiger partial charge in [-0.25, -0.2) is 0 Å². The van der Waals surface area contributed by atoms with E-state index in [-0.39, 0.29) is 18.7 Å². The van der Waals surface area contributed by atoms with Crippen LogP contribution in [0.4, 0.5) is 0 Å². The van der Waals surface area contributed by atoms with E-state index in [0.29, 0.717) is 6.42 Å². The summed E-state index contributed by atoms with van der Waals surface area (Å²) in [6.45, 7) is 7.59. The fourth-order valence-electron chi connectivity index (χ4n) is 3.64. The van der Waals surface area contributed by atoms with E-state index in [1.54, 1.807) is 0 Å². The average Bonchev–Trinajstić information content (AvgIpc) is 2.75. The molecule has 0 aromatic rings. The second-order valence-corrected chi connectivity index (χ2v) is 9.43. The Labute approximate surface area is 192 Å². The number of rotatable bonds is 21. The fourth-order valence-corrected chi connectivity index (χ4v) is 3.64. The zero-order valence-corrected chi connectivity index (χ0v) is 20.9. The topological polar surface area (TPSA) is 81.6 Å². The van der Waals surface area contributed by atoms with Gasteiger partial charge in [0.15, 0.2) is 0 Å². The normalized spacial score (nSPS) is 14.1. The lowest BCUT2D eigenvalue weighted by Crippen LogP contribution is -2.59. The van der Waals surface area contributed by atoms with Gasteiger partial charge in [-0.2, -0.15) is 0 Å². The Balaban J connectivity index is 3.67. The van der Waals surface area contributed by atoms with Crippen molar-refractivity contribution in [2.75, 3.05) is 6.61 Å². The Kier molecular flexibility index (Phi) is 19.2. The van der Waals surface area contributed by atoms with Crippen molar-refractivity contribution in [1.82, 2.24) is 10.6 Å². The number of aliphatic hydroxyl groups is 2. The van der Waals surface area contributed by atoms with Gasteiger partial charge in [0.25, 0.3) is 0 Å². The maximum atomic E-state index is 12.2. The van der Waals surface area contributed by atoms with Crippen molar-refractivity contribution in [3.05, 3.63) is 12.2 Å². The first-order valence-electron chi connectivity index (χ1n) is 12.9. The Morgan fingerprint density at radius 3 is 1.90 bits per heavy atom. The third-order valence-electron chi connectivity index (χ3n) is 5.96. The summed E-state index contributed by atoms with van der Waals surface area (Å²) in [5, 5.41) is 25.3. The molecule has 0 fully saturated rings. The predicted octanol–water partition coefficient (Wildman–Crippen LogP) is 5.60. The number of hydrogen-bond donors (Lipinski definition) is 4. The second kappa shape index (κ2) is 19.8. The molecule has 0 aromatic heterocycles. The number of nitrogens with one attached hydrogen (secondary N) is 2. The minimum Gasteiger partial charge on any atom is -0.394 e. The Hall–Kier alpha value is -0.910. The minimum atomic E-state index is -0.871. The Bertz CT molecular complexity index is 452. The van der Waals surface area contributed by atoms with Gasteiger partial charge in [-0.3, -0.25) is 10.1 Å². The summed E-state index contributed by atoms with van der Waals surface area (Å²) in [7, 11) is 0. The van der Waals surface area contributed by atoms with Crippen LogP contribution in [0.3, 0.4) is 0 Å². The third kappa shape index (κ3) is 17.3. The summed E-state index contributed by atoms with van der Waals surface area (Å²) in [5.74, 6) is 0.0475. The van der Waals surface area contributed by atoms with E-state index in [9.17, 15) is 9.90 Å². The molecule has 2 atom stereocenters. The molecule has 0 aliphatic rings. The highest BCUT2D eigenvalue weighted by molar-refractivity contribution is 5.76. The van der Waals surface area contributed by atoms with Crippen LogP contribution in [0.5, 0.6) is 0 Å². The maximum Gasteiger partial charge on any atom is 0.221 e. The number of amides is 1. The van der Waals surface area contributed by atoms with Crippen molar-refractivity contribution in [2.45, 2.75) is 142 Å². The largest absolute Gasteiger partial charge is 0.394 e. The zero-order chi connectivity index (χ0) is 23.4. The summed E-state index contributed by atoms with van der Waals surface area (Å²) in [5.41, 5.74) is -0.661. The van der Waals surface area contributed by atoms with Gasteiger partial charge >= 0.3 is 0 Å². The minimum absolute atomic E-state index is 0.0475. The molecule has 5 heteroatoms. The number of allylic oxidation sites excluding steroid dienone is 2. The molecule has 0 aromatic carbocycles. The molecule has 31 heavy (non-hydrogen) atoms. The van der Waals surface area contributed by atoms with E-state index in [2.05, 4.69) is 29.7 Å². The van der Waals surface area contributed by atoms with E-state index in [4.69, 9.17) is 5.11 Å². The van der Waals surface area contributed by atoms with Crippen LogP contribution in [-0.4, -0.2) is 40.5 Å². The molecule has 0 rings (SSSR count). The lowest BCUT2D eigenvalue weighted by molar-refractivity contribution is -0.122. The molecule has 5 nitrogen and oxygen atoms in total. The van der Waals surface area contributed by atoms with Gasteiger partial charge in [0, 0.05) is 12.0 Å².